The molecule has 3 nitrogen and oxygen atoms in total. The molecule has 0 radical (unpaired) electrons. The number of ether oxygens (including phenoxy) is 1. The van der Waals surface area contributed by atoms with Crippen molar-refractivity contribution in [2.75, 3.05) is 13.6 Å². The lowest BCUT2D eigenvalue weighted by Gasteiger charge is -2.24. The van der Waals surface area contributed by atoms with E-state index in [9.17, 15) is 9.18 Å². The zero-order chi connectivity index (χ0) is 10.8. The lowest BCUT2D eigenvalue weighted by atomic mass is 9.98. The van der Waals surface area contributed by atoms with Gasteiger partial charge in [-0.15, -0.1) is 0 Å². The van der Waals surface area contributed by atoms with Crippen molar-refractivity contribution in [2.24, 2.45) is 0 Å². The van der Waals surface area contributed by atoms with E-state index in [1.54, 1.807) is 7.05 Å². The maximum absolute atomic E-state index is 13.0. The number of hydrogen-bond donors (Lipinski definition) is 1. The van der Waals surface area contributed by atoms with Crippen LogP contribution in [-0.4, -0.2) is 25.7 Å². The standard InChI is InChI=1S/C11H12FNO2/c1-13-6-9-5-7-4-8(12)2-3-10(7)11(14)15-9/h2-4,9,13H,5-6H2,1H3. The average molecular weight is 209 g/mol. The molecule has 0 amide bonds. The van der Waals surface area contributed by atoms with E-state index in [1.165, 1.54) is 18.2 Å². The van der Waals surface area contributed by atoms with Crippen molar-refractivity contribution in [1.82, 2.24) is 5.32 Å². The SMILES string of the molecule is CNCC1Cc2cc(F)ccc2C(=O)O1. The van der Waals surface area contributed by atoms with Crippen LogP contribution in [0.4, 0.5) is 4.39 Å². The summed E-state index contributed by atoms with van der Waals surface area (Å²) < 4.78 is 18.1. The number of cyclic esters (lactones) is 1. The summed E-state index contributed by atoms with van der Waals surface area (Å²) in [5.41, 5.74) is 1.20. The summed E-state index contributed by atoms with van der Waals surface area (Å²) in [6.45, 7) is 0.585. The zero-order valence-corrected chi connectivity index (χ0v) is 8.42. The smallest absolute Gasteiger partial charge is 0.338 e. The predicted octanol–water partition coefficient (Wildman–Crippen LogP) is 1.13. The minimum atomic E-state index is -0.364. The Morgan fingerprint density at radius 3 is 3.13 bits per heavy atom. The number of fused-ring (bicyclic) bond motifs is 1. The van der Waals surface area contributed by atoms with Crippen LogP contribution in [0.5, 0.6) is 0 Å². The maximum Gasteiger partial charge on any atom is 0.338 e. The first-order valence-corrected chi connectivity index (χ1v) is 4.84. The lowest BCUT2D eigenvalue weighted by molar-refractivity contribution is 0.0263. The molecule has 1 aliphatic heterocycles. The Morgan fingerprint density at radius 1 is 1.60 bits per heavy atom. The van der Waals surface area contributed by atoms with Crippen molar-refractivity contribution in [3.63, 3.8) is 0 Å². The molecule has 0 spiro atoms. The van der Waals surface area contributed by atoms with Crippen molar-refractivity contribution in [1.29, 1.82) is 0 Å². The van der Waals surface area contributed by atoms with Gasteiger partial charge in [0, 0.05) is 13.0 Å². The molecule has 15 heavy (non-hydrogen) atoms. The molecule has 2 rings (SSSR count). The van der Waals surface area contributed by atoms with Crippen molar-refractivity contribution in [3.05, 3.63) is 35.1 Å². The number of carbonyl (C=O) groups is 1. The first-order chi connectivity index (χ1) is 7.20. The normalized spacial score (nSPS) is 19.6. The van der Waals surface area contributed by atoms with E-state index < -0.39 is 0 Å². The van der Waals surface area contributed by atoms with E-state index in [4.69, 9.17) is 4.74 Å². The Morgan fingerprint density at radius 2 is 2.40 bits per heavy atom. The highest BCUT2D eigenvalue weighted by Crippen LogP contribution is 2.21. The van der Waals surface area contributed by atoms with Gasteiger partial charge in [-0.05, 0) is 30.8 Å². The molecule has 1 N–H and O–H groups in total. The zero-order valence-electron chi connectivity index (χ0n) is 8.42. The van der Waals surface area contributed by atoms with E-state index >= 15 is 0 Å². The molecule has 0 aliphatic carbocycles. The summed E-state index contributed by atoms with van der Waals surface area (Å²) in [4.78, 5) is 11.5. The third kappa shape index (κ3) is 1.99. The maximum atomic E-state index is 13.0. The van der Waals surface area contributed by atoms with E-state index in [-0.39, 0.29) is 17.9 Å². The minimum absolute atomic E-state index is 0.197. The van der Waals surface area contributed by atoms with Crippen LogP contribution in [0, 0.1) is 5.82 Å². The number of benzene rings is 1. The molecular formula is C11H12FNO2. The largest absolute Gasteiger partial charge is 0.457 e. The molecule has 1 heterocycles. The quantitative estimate of drug-likeness (QED) is 0.742. The molecule has 0 fully saturated rings. The van der Waals surface area contributed by atoms with Gasteiger partial charge >= 0.3 is 5.97 Å². The molecule has 4 heteroatoms. The summed E-state index contributed by atoms with van der Waals surface area (Å²) in [5.74, 6) is -0.678. The van der Waals surface area contributed by atoms with Gasteiger partial charge in [0.1, 0.15) is 11.9 Å². The molecule has 1 aromatic rings. The third-order valence-corrected chi connectivity index (χ3v) is 2.44. The first-order valence-electron chi connectivity index (χ1n) is 4.84. The van der Waals surface area contributed by atoms with Crippen LogP contribution in [0.15, 0.2) is 18.2 Å². The average Bonchev–Trinajstić information content (AvgIpc) is 2.17. The molecular weight excluding hydrogens is 197 g/mol. The number of rotatable bonds is 2. The highest BCUT2D eigenvalue weighted by molar-refractivity contribution is 5.92. The number of halogens is 1. The highest BCUT2D eigenvalue weighted by Gasteiger charge is 2.25. The van der Waals surface area contributed by atoms with Gasteiger partial charge in [-0.2, -0.15) is 0 Å². The fourth-order valence-electron chi connectivity index (χ4n) is 1.77. The minimum Gasteiger partial charge on any atom is -0.457 e. The van der Waals surface area contributed by atoms with E-state index in [0.29, 0.717) is 18.5 Å². The third-order valence-electron chi connectivity index (χ3n) is 2.44. The first kappa shape index (κ1) is 10.1. The van der Waals surface area contributed by atoms with Crippen LogP contribution in [0.25, 0.3) is 0 Å². The van der Waals surface area contributed by atoms with Crippen molar-refractivity contribution in [3.8, 4) is 0 Å². The van der Waals surface area contributed by atoms with Crippen LogP contribution in [-0.2, 0) is 11.2 Å². The van der Waals surface area contributed by atoms with E-state index in [2.05, 4.69) is 5.32 Å². The van der Waals surface area contributed by atoms with Crippen molar-refractivity contribution >= 4 is 5.97 Å². The highest BCUT2D eigenvalue weighted by atomic mass is 19.1. The second-order valence-electron chi connectivity index (χ2n) is 3.59. The van der Waals surface area contributed by atoms with Gasteiger partial charge < -0.3 is 10.1 Å². The van der Waals surface area contributed by atoms with Crippen LogP contribution < -0.4 is 5.32 Å². The monoisotopic (exact) mass is 209 g/mol. The number of esters is 1. The molecule has 0 bridgehead atoms. The van der Waals surface area contributed by atoms with Crippen LogP contribution in [0.1, 0.15) is 15.9 Å². The van der Waals surface area contributed by atoms with Crippen LogP contribution >= 0.6 is 0 Å². The van der Waals surface area contributed by atoms with E-state index in [1.807, 2.05) is 0 Å². The van der Waals surface area contributed by atoms with Gasteiger partial charge in [0.15, 0.2) is 0 Å². The molecule has 1 aliphatic rings. The molecule has 0 aromatic heterocycles. The molecule has 0 saturated heterocycles. The fraction of sp³-hybridized carbons (Fsp3) is 0.364. The molecule has 1 aromatic carbocycles. The van der Waals surface area contributed by atoms with Crippen molar-refractivity contribution in [2.45, 2.75) is 12.5 Å². The Kier molecular flexibility index (Phi) is 2.68. The summed E-state index contributed by atoms with van der Waals surface area (Å²) in [5, 5.41) is 2.93. The Bertz CT molecular complexity index is 392. The molecule has 80 valence electrons. The van der Waals surface area contributed by atoms with Gasteiger partial charge in [-0.1, -0.05) is 0 Å². The van der Waals surface area contributed by atoms with Gasteiger partial charge in [-0.3, -0.25) is 0 Å². The van der Waals surface area contributed by atoms with E-state index in [0.717, 1.165) is 5.56 Å². The van der Waals surface area contributed by atoms with Crippen LogP contribution in [0.2, 0.25) is 0 Å². The number of carbonyl (C=O) groups excluding carboxylic acids is 1. The summed E-state index contributed by atoms with van der Waals surface area (Å²) in [7, 11) is 1.79. The number of likely N-dealkylation sites (N-methyl/N-ethyl adjacent to an activating group) is 1. The Labute approximate surface area is 87.2 Å². The second kappa shape index (κ2) is 3.98. The van der Waals surface area contributed by atoms with Gasteiger partial charge in [0.25, 0.3) is 0 Å². The number of nitrogens with one attached hydrogen (secondary N) is 1. The second-order valence-corrected chi connectivity index (χ2v) is 3.59. The topological polar surface area (TPSA) is 38.3 Å². The number of hydrogen-bond acceptors (Lipinski definition) is 3. The van der Waals surface area contributed by atoms with Crippen LogP contribution in [0.3, 0.4) is 0 Å². The molecule has 1 unspecified atom stereocenters. The summed E-state index contributed by atoms with van der Waals surface area (Å²) in [6, 6.07) is 4.15. The predicted molar refractivity (Wildman–Crippen MR) is 53.2 cm³/mol. The molecule has 1 atom stereocenters. The Balaban J connectivity index is 2.29. The Hall–Kier alpha value is -1.42. The molecule has 0 saturated carbocycles. The summed E-state index contributed by atoms with van der Waals surface area (Å²) in [6.07, 6.45) is 0.372. The lowest BCUT2D eigenvalue weighted by Crippen LogP contribution is -2.35. The van der Waals surface area contributed by atoms with Gasteiger partial charge in [0.2, 0.25) is 0 Å². The fourth-order valence-corrected chi connectivity index (χ4v) is 1.77. The van der Waals surface area contributed by atoms with Gasteiger partial charge in [0.05, 0.1) is 5.56 Å². The van der Waals surface area contributed by atoms with Crippen molar-refractivity contribution < 1.29 is 13.9 Å². The summed E-state index contributed by atoms with van der Waals surface area (Å²) >= 11 is 0. The van der Waals surface area contributed by atoms with Gasteiger partial charge in [-0.25, -0.2) is 9.18 Å².